The molecule has 0 unspecified atom stereocenters. The Morgan fingerprint density at radius 2 is 1.97 bits per heavy atom. The minimum Gasteiger partial charge on any atom is -0.328 e. The maximum Gasteiger partial charge on any atom is 0.238 e. The van der Waals surface area contributed by atoms with Crippen molar-refractivity contribution in [1.29, 1.82) is 0 Å². The van der Waals surface area contributed by atoms with Gasteiger partial charge in [0, 0.05) is 30.9 Å². The number of benzene rings is 2. The maximum absolute atomic E-state index is 11.8. The maximum atomic E-state index is 11.8. The van der Waals surface area contributed by atoms with Crippen molar-refractivity contribution in [2.24, 2.45) is 12.2 Å². The summed E-state index contributed by atoms with van der Waals surface area (Å²) >= 11 is 6.36. The first kappa shape index (κ1) is 22.6. The number of anilines is 4. The summed E-state index contributed by atoms with van der Waals surface area (Å²) in [6, 6.07) is 10.2. The Hall–Kier alpha value is -3.54. The van der Waals surface area contributed by atoms with Gasteiger partial charge in [-0.05, 0) is 42.8 Å². The molecular formula is C21H20ClN7O3S. The normalized spacial score (nSPS) is 11.5. The number of halogens is 1. The van der Waals surface area contributed by atoms with Crippen LogP contribution in [0.4, 0.5) is 23.1 Å². The summed E-state index contributed by atoms with van der Waals surface area (Å²) in [6.07, 6.45) is 2.21. The lowest BCUT2D eigenvalue weighted by atomic mass is 10.2. The quantitative estimate of drug-likeness (QED) is 0.397. The van der Waals surface area contributed by atoms with Gasteiger partial charge in [-0.1, -0.05) is 17.7 Å². The summed E-state index contributed by atoms with van der Waals surface area (Å²) in [5, 5.41) is 13.7. The number of carbonyl (C=O) groups excluding carboxylic acids is 1. The van der Waals surface area contributed by atoms with E-state index in [4.69, 9.17) is 16.7 Å². The van der Waals surface area contributed by atoms with E-state index in [1.54, 1.807) is 38.1 Å². The van der Waals surface area contributed by atoms with Crippen LogP contribution in [0.15, 0.2) is 47.5 Å². The van der Waals surface area contributed by atoms with Crippen LogP contribution in [-0.2, 0) is 17.1 Å². The Kier molecular flexibility index (Phi) is 5.78. The largest absolute Gasteiger partial charge is 0.328 e. The topological polar surface area (TPSA) is 136 Å². The average Bonchev–Trinajstić information content (AvgIpc) is 3.09. The molecule has 0 fully saturated rings. The highest BCUT2D eigenvalue weighted by Crippen LogP contribution is 2.32. The second kappa shape index (κ2) is 8.43. The Bertz CT molecular complexity index is 1500. The van der Waals surface area contributed by atoms with Gasteiger partial charge >= 0.3 is 0 Å². The van der Waals surface area contributed by atoms with Crippen LogP contribution in [0.1, 0.15) is 16.1 Å². The number of nitrogens with zero attached hydrogens (tertiary/aromatic N) is 5. The summed E-state index contributed by atoms with van der Waals surface area (Å²) in [7, 11) is -0.381. The molecule has 0 saturated carbocycles. The zero-order chi connectivity index (χ0) is 23.9. The predicted molar refractivity (Wildman–Crippen MR) is 127 cm³/mol. The molecule has 0 spiro atoms. The Morgan fingerprint density at radius 1 is 1.21 bits per heavy atom. The molecule has 0 radical (unpaired) electrons. The standard InChI is InChI=1S/C21H20ClN7O3S/c1-12-4-5-13(8-19(12)33(23,31)32)25-21-24-10-16(22)20(26-21)28(2)14-6-7-15-17(9-14)27-29(3)18(15)11-30/h4-11H,1-3H3,(H2,23,31,32)(H,24,25,26). The van der Waals surface area contributed by atoms with E-state index in [0.29, 0.717) is 33.3 Å². The van der Waals surface area contributed by atoms with Gasteiger partial charge in [0.25, 0.3) is 0 Å². The van der Waals surface area contributed by atoms with Crippen molar-refractivity contribution in [3.8, 4) is 0 Å². The number of hydrogen-bond acceptors (Lipinski definition) is 8. The molecule has 170 valence electrons. The molecule has 0 bridgehead atoms. The second-order valence-corrected chi connectivity index (χ2v) is 9.34. The first-order valence-electron chi connectivity index (χ1n) is 9.67. The molecule has 2 heterocycles. The van der Waals surface area contributed by atoms with Crippen LogP contribution >= 0.6 is 11.6 Å². The third-order valence-corrected chi connectivity index (χ3v) is 6.48. The first-order chi connectivity index (χ1) is 15.6. The number of hydrogen-bond donors (Lipinski definition) is 2. The molecule has 0 saturated heterocycles. The molecule has 4 aromatic rings. The van der Waals surface area contributed by atoms with E-state index in [9.17, 15) is 13.2 Å². The van der Waals surface area contributed by atoms with Crippen molar-refractivity contribution in [3.05, 3.63) is 58.9 Å². The molecule has 2 aromatic carbocycles. The first-order valence-corrected chi connectivity index (χ1v) is 11.6. The van der Waals surface area contributed by atoms with Crippen molar-refractivity contribution < 1.29 is 13.2 Å². The predicted octanol–water partition coefficient (Wildman–Crippen LogP) is 3.30. The number of carbonyl (C=O) groups is 1. The van der Waals surface area contributed by atoms with Crippen LogP contribution in [0, 0.1) is 6.92 Å². The number of fused-ring (bicyclic) bond motifs is 1. The number of sulfonamides is 1. The van der Waals surface area contributed by atoms with Gasteiger partial charge in [0.2, 0.25) is 16.0 Å². The monoisotopic (exact) mass is 485 g/mol. The van der Waals surface area contributed by atoms with Gasteiger partial charge in [0.05, 0.1) is 16.6 Å². The SMILES string of the molecule is Cc1ccc(Nc2ncc(Cl)c(N(C)c3ccc4c(C=O)n(C)nc4c3)n2)cc1S(N)(=O)=O. The van der Waals surface area contributed by atoms with E-state index in [1.807, 2.05) is 18.2 Å². The molecular weight excluding hydrogens is 466 g/mol. The fourth-order valence-corrected chi connectivity index (χ4v) is 4.47. The van der Waals surface area contributed by atoms with Crippen LogP contribution in [0.5, 0.6) is 0 Å². The van der Waals surface area contributed by atoms with E-state index in [2.05, 4.69) is 20.4 Å². The summed E-state index contributed by atoms with van der Waals surface area (Å²) < 4.78 is 25.1. The minimum atomic E-state index is -3.87. The van der Waals surface area contributed by atoms with Crippen molar-refractivity contribution in [3.63, 3.8) is 0 Å². The number of rotatable bonds is 6. The third kappa shape index (κ3) is 4.38. The van der Waals surface area contributed by atoms with Crippen LogP contribution in [0.25, 0.3) is 10.9 Å². The average molecular weight is 486 g/mol. The highest BCUT2D eigenvalue weighted by Gasteiger charge is 2.16. The van der Waals surface area contributed by atoms with E-state index in [-0.39, 0.29) is 10.8 Å². The van der Waals surface area contributed by atoms with Gasteiger partial charge < -0.3 is 10.2 Å². The lowest BCUT2D eigenvalue weighted by Gasteiger charge is -2.20. The molecule has 0 aliphatic heterocycles. The molecule has 4 rings (SSSR count). The van der Waals surface area contributed by atoms with E-state index >= 15 is 0 Å². The van der Waals surface area contributed by atoms with Crippen molar-refractivity contribution >= 4 is 62.0 Å². The molecule has 0 atom stereocenters. The molecule has 12 heteroatoms. The molecule has 0 aliphatic carbocycles. The highest BCUT2D eigenvalue weighted by molar-refractivity contribution is 7.89. The number of aryl methyl sites for hydroxylation is 2. The second-order valence-electron chi connectivity index (χ2n) is 7.40. The highest BCUT2D eigenvalue weighted by atomic mass is 35.5. The van der Waals surface area contributed by atoms with Gasteiger partial charge in [-0.25, -0.2) is 18.5 Å². The van der Waals surface area contributed by atoms with Gasteiger partial charge in [-0.15, -0.1) is 0 Å². The lowest BCUT2D eigenvalue weighted by Crippen LogP contribution is -2.14. The van der Waals surface area contributed by atoms with Crippen molar-refractivity contribution in [2.75, 3.05) is 17.3 Å². The fraction of sp³-hybridized carbons (Fsp3) is 0.143. The van der Waals surface area contributed by atoms with Crippen LogP contribution < -0.4 is 15.4 Å². The molecule has 33 heavy (non-hydrogen) atoms. The lowest BCUT2D eigenvalue weighted by molar-refractivity contribution is 0.111. The summed E-state index contributed by atoms with van der Waals surface area (Å²) in [5.41, 5.74) is 2.88. The van der Waals surface area contributed by atoms with Crippen LogP contribution in [0.3, 0.4) is 0 Å². The number of nitrogens with two attached hydrogens (primary N) is 1. The number of nitrogens with one attached hydrogen (secondary N) is 1. The number of aromatic nitrogens is 4. The molecule has 0 aliphatic rings. The molecule has 2 aromatic heterocycles. The third-order valence-electron chi connectivity index (χ3n) is 5.16. The van der Waals surface area contributed by atoms with Crippen molar-refractivity contribution in [2.45, 2.75) is 11.8 Å². The molecule has 0 amide bonds. The Morgan fingerprint density at radius 3 is 2.67 bits per heavy atom. The number of primary sulfonamides is 1. The zero-order valence-corrected chi connectivity index (χ0v) is 19.5. The Labute approximate surface area is 195 Å². The van der Waals surface area contributed by atoms with E-state index < -0.39 is 10.0 Å². The van der Waals surface area contributed by atoms with Gasteiger partial charge in [-0.2, -0.15) is 10.1 Å². The smallest absolute Gasteiger partial charge is 0.238 e. The van der Waals surface area contributed by atoms with Crippen LogP contribution in [-0.4, -0.2) is 41.5 Å². The molecule has 3 N–H and O–H groups in total. The van der Waals surface area contributed by atoms with E-state index in [0.717, 1.165) is 17.4 Å². The van der Waals surface area contributed by atoms with Gasteiger partial charge in [0.15, 0.2) is 12.1 Å². The van der Waals surface area contributed by atoms with Gasteiger partial charge in [-0.3, -0.25) is 9.48 Å². The number of aldehydes is 1. The Balaban J connectivity index is 1.68. The molecule has 10 nitrogen and oxygen atoms in total. The van der Waals surface area contributed by atoms with E-state index in [1.165, 1.54) is 16.9 Å². The minimum absolute atomic E-state index is 0.0113. The van der Waals surface area contributed by atoms with Crippen molar-refractivity contribution in [1.82, 2.24) is 19.7 Å². The summed E-state index contributed by atoms with van der Waals surface area (Å²) in [6.45, 7) is 1.66. The summed E-state index contributed by atoms with van der Waals surface area (Å²) in [4.78, 5) is 21.8. The summed E-state index contributed by atoms with van der Waals surface area (Å²) in [5.74, 6) is 0.631. The zero-order valence-electron chi connectivity index (χ0n) is 17.9. The van der Waals surface area contributed by atoms with Crippen LogP contribution in [0.2, 0.25) is 5.02 Å². The fourth-order valence-electron chi connectivity index (χ4n) is 3.45. The van der Waals surface area contributed by atoms with Gasteiger partial charge in [0.1, 0.15) is 10.7 Å².